The summed E-state index contributed by atoms with van der Waals surface area (Å²) in [5.41, 5.74) is 0. The summed E-state index contributed by atoms with van der Waals surface area (Å²) < 4.78 is 4.91. The Morgan fingerprint density at radius 3 is 2.59 bits per heavy atom. The molecule has 0 aromatic heterocycles. The van der Waals surface area contributed by atoms with Crippen LogP contribution in [0.15, 0.2) is 0 Å². The lowest BCUT2D eigenvalue weighted by Crippen LogP contribution is -2.45. The van der Waals surface area contributed by atoms with Crippen LogP contribution in [0.25, 0.3) is 0 Å². The average molecular weight is 246 g/mol. The summed E-state index contributed by atoms with van der Waals surface area (Å²) in [6, 6.07) is -0.322. The fraction of sp³-hybridized carbons (Fsp3) is 0.818. The second kappa shape index (κ2) is 8.81. The number of carbonyl (C=O) groups is 2. The number of carboxylic acids is 1. The lowest BCUT2D eigenvalue weighted by Gasteiger charge is -2.23. The van der Waals surface area contributed by atoms with E-state index in [1.807, 2.05) is 6.92 Å². The van der Waals surface area contributed by atoms with Gasteiger partial charge in [-0.25, -0.2) is 4.79 Å². The number of hydrogen-bond acceptors (Lipinski definition) is 3. The van der Waals surface area contributed by atoms with Gasteiger partial charge >= 0.3 is 12.0 Å². The van der Waals surface area contributed by atoms with Crippen molar-refractivity contribution in [2.75, 3.05) is 26.8 Å². The van der Waals surface area contributed by atoms with Gasteiger partial charge in [0.25, 0.3) is 0 Å². The minimum absolute atomic E-state index is 0.0612. The average Bonchev–Trinajstić information content (AvgIpc) is 2.27. The molecule has 0 aliphatic carbocycles. The molecule has 1 unspecified atom stereocenters. The molecule has 6 nitrogen and oxygen atoms in total. The number of carboxylic acid groups (broad SMARTS) is 1. The van der Waals surface area contributed by atoms with Crippen LogP contribution in [0.2, 0.25) is 0 Å². The minimum Gasteiger partial charge on any atom is -0.481 e. The second-order valence-corrected chi connectivity index (χ2v) is 3.86. The van der Waals surface area contributed by atoms with Crippen molar-refractivity contribution in [3.05, 3.63) is 0 Å². The number of aliphatic carboxylic acids is 1. The van der Waals surface area contributed by atoms with Crippen LogP contribution in [-0.4, -0.2) is 54.9 Å². The van der Waals surface area contributed by atoms with Crippen LogP contribution in [0.3, 0.4) is 0 Å². The minimum atomic E-state index is -0.849. The van der Waals surface area contributed by atoms with Crippen LogP contribution >= 0.6 is 0 Å². The molecule has 2 N–H and O–H groups in total. The highest BCUT2D eigenvalue weighted by Gasteiger charge is 2.14. The third kappa shape index (κ3) is 7.57. The van der Waals surface area contributed by atoms with E-state index >= 15 is 0 Å². The lowest BCUT2D eigenvalue weighted by atomic mass is 10.2. The van der Waals surface area contributed by atoms with Crippen LogP contribution in [0.4, 0.5) is 4.79 Å². The van der Waals surface area contributed by atoms with Crippen molar-refractivity contribution in [1.29, 1.82) is 0 Å². The van der Waals surface area contributed by atoms with E-state index in [0.717, 1.165) is 0 Å². The summed E-state index contributed by atoms with van der Waals surface area (Å²) in [5, 5.41) is 11.3. The molecule has 0 aromatic rings. The molecule has 0 spiro atoms. The van der Waals surface area contributed by atoms with Gasteiger partial charge in [0, 0.05) is 32.7 Å². The molecule has 0 radical (unpaired) electrons. The molecular weight excluding hydrogens is 224 g/mol. The van der Waals surface area contributed by atoms with E-state index in [1.165, 1.54) is 0 Å². The Bertz CT molecular complexity index is 246. The zero-order valence-electron chi connectivity index (χ0n) is 10.7. The van der Waals surface area contributed by atoms with Crippen molar-refractivity contribution in [2.24, 2.45) is 0 Å². The SMILES string of the molecule is CCN(CCOC)C(=O)NC(C)CCC(=O)O. The van der Waals surface area contributed by atoms with Gasteiger partial charge in [-0.05, 0) is 20.3 Å². The highest BCUT2D eigenvalue weighted by Crippen LogP contribution is 1.98. The van der Waals surface area contributed by atoms with Crippen LogP contribution < -0.4 is 5.32 Å². The van der Waals surface area contributed by atoms with Crippen molar-refractivity contribution >= 4 is 12.0 Å². The second-order valence-electron chi connectivity index (χ2n) is 3.86. The summed E-state index contributed by atoms with van der Waals surface area (Å²) in [6.07, 6.45) is 0.495. The third-order valence-electron chi connectivity index (χ3n) is 2.40. The van der Waals surface area contributed by atoms with Crippen molar-refractivity contribution in [2.45, 2.75) is 32.7 Å². The van der Waals surface area contributed by atoms with E-state index in [9.17, 15) is 9.59 Å². The number of carbonyl (C=O) groups excluding carboxylic acids is 1. The van der Waals surface area contributed by atoms with E-state index in [2.05, 4.69) is 5.32 Å². The monoisotopic (exact) mass is 246 g/mol. The largest absolute Gasteiger partial charge is 0.481 e. The van der Waals surface area contributed by atoms with E-state index in [4.69, 9.17) is 9.84 Å². The Hall–Kier alpha value is -1.30. The van der Waals surface area contributed by atoms with Crippen LogP contribution in [0.5, 0.6) is 0 Å². The number of nitrogens with one attached hydrogen (secondary N) is 1. The van der Waals surface area contributed by atoms with E-state index < -0.39 is 5.97 Å². The molecule has 17 heavy (non-hydrogen) atoms. The molecule has 0 bridgehead atoms. The normalized spacial score (nSPS) is 11.9. The zero-order chi connectivity index (χ0) is 13.3. The fourth-order valence-corrected chi connectivity index (χ4v) is 1.32. The smallest absolute Gasteiger partial charge is 0.317 e. The number of nitrogens with zero attached hydrogens (tertiary/aromatic N) is 1. The molecule has 1 atom stereocenters. The highest BCUT2D eigenvalue weighted by atomic mass is 16.5. The third-order valence-corrected chi connectivity index (χ3v) is 2.40. The molecule has 0 saturated carbocycles. The quantitative estimate of drug-likeness (QED) is 0.667. The van der Waals surface area contributed by atoms with Gasteiger partial charge in [-0.1, -0.05) is 0 Å². The van der Waals surface area contributed by atoms with Crippen molar-refractivity contribution < 1.29 is 19.4 Å². The first-order chi connectivity index (χ1) is 8.01. The Kier molecular flexibility index (Phi) is 8.13. The van der Waals surface area contributed by atoms with Gasteiger partial charge < -0.3 is 20.1 Å². The molecule has 2 amide bonds. The van der Waals surface area contributed by atoms with E-state index in [-0.39, 0.29) is 18.5 Å². The first kappa shape index (κ1) is 15.7. The molecule has 0 rings (SSSR count). The van der Waals surface area contributed by atoms with Gasteiger partial charge in [-0.3, -0.25) is 4.79 Å². The number of likely N-dealkylation sites (N-methyl/N-ethyl adjacent to an activating group) is 1. The number of amides is 2. The van der Waals surface area contributed by atoms with Gasteiger partial charge in [0.15, 0.2) is 0 Å². The molecule has 0 aliphatic heterocycles. The number of rotatable bonds is 8. The molecule has 0 heterocycles. The van der Waals surface area contributed by atoms with Gasteiger partial charge in [0.05, 0.1) is 6.61 Å². The van der Waals surface area contributed by atoms with E-state index in [0.29, 0.717) is 26.1 Å². The van der Waals surface area contributed by atoms with Crippen molar-refractivity contribution in [3.63, 3.8) is 0 Å². The highest BCUT2D eigenvalue weighted by molar-refractivity contribution is 5.74. The maximum Gasteiger partial charge on any atom is 0.317 e. The fourth-order valence-electron chi connectivity index (χ4n) is 1.32. The summed E-state index contributed by atoms with van der Waals surface area (Å²) in [4.78, 5) is 23.8. The topological polar surface area (TPSA) is 78.9 Å². The Balaban J connectivity index is 3.98. The Morgan fingerprint density at radius 2 is 2.12 bits per heavy atom. The summed E-state index contributed by atoms with van der Waals surface area (Å²) in [5.74, 6) is -0.849. The first-order valence-corrected chi connectivity index (χ1v) is 5.77. The van der Waals surface area contributed by atoms with Crippen LogP contribution in [0, 0.1) is 0 Å². The molecule has 6 heteroatoms. The predicted molar refractivity (Wildman–Crippen MR) is 64.0 cm³/mol. The van der Waals surface area contributed by atoms with E-state index in [1.54, 1.807) is 18.9 Å². The zero-order valence-corrected chi connectivity index (χ0v) is 10.7. The van der Waals surface area contributed by atoms with Gasteiger partial charge in [-0.15, -0.1) is 0 Å². The molecular formula is C11H22N2O4. The maximum absolute atomic E-state index is 11.7. The standard InChI is InChI=1S/C11H22N2O4/c1-4-13(7-8-17-3)11(16)12-9(2)5-6-10(14)15/h9H,4-8H2,1-3H3,(H,12,16)(H,14,15). The van der Waals surface area contributed by atoms with Gasteiger partial charge in [-0.2, -0.15) is 0 Å². The number of methoxy groups -OCH3 is 1. The van der Waals surface area contributed by atoms with Crippen LogP contribution in [0.1, 0.15) is 26.7 Å². The first-order valence-electron chi connectivity index (χ1n) is 5.77. The molecule has 0 saturated heterocycles. The van der Waals surface area contributed by atoms with Crippen LogP contribution in [-0.2, 0) is 9.53 Å². The van der Waals surface area contributed by atoms with Crippen molar-refractivity contribution in [3.8, 4) is 0 Å². The summed E-state index contributed by atoms with van der Waals surface area (Å²) in [6.45, 7) is 5.30. The predicted octanol–water partition coefficient (Wildman–Crippen LogP) is 0.918. The number of urea groups is 1. The summed E-state index contributed by atoms with van der Waals surface area (Å²) in [7, 11) is 1.58. The van der Waals surface area contributed by atoms with Crippen molar-refractivity contribution in [1.82, 2.24) is 10.2 Å². The number of ether oxygens (including phenoxy) is 1. The number of hydrogen-bond donors (Lipinski definition) is 2. The van der Waals surface area contributed by atoms with Gasteiger partial charge in [0.2, 0.25) is 0 Å². The van der Waals surface area contributed by atoms with Gasteiger partial charge in [0.1, 0.15) is 0 Å². The Labute approximate surface area is 102 Å². The molecule has 0 fully saturated rings. The summed E-state index contributed by atoms with van der Waals surface area (Å²) >= 11 is 0. The maximum atomic E-state index is 11.7. The molecule has 0 aromatic carbocycles. The Morgan fingerprint density at radius 1 is 1.47 bits per heavy atom. The molecule has 100 valence electrons. The lowest BCUT2D eigenvalue weighted by molar-refractivity contribution is -0.137. The molecule has 0 aliphatic rings.